The molecular formula is C27H30ClNO. The molecule has 3 aromatic rings. The standard InChI is InChI=1S/C27H30ClNO/c1-18-15-21(28)16-24-25(17-27(30-26(18)24)13-6-3-7-14-27)29-19(2)22-12-8-10-20-9-4-5-11-23(20)22/h4-5,8-12,15-16,19,25,29H,3,6-7,13-14,17H2,1-2H3/t19?,25-/m0/s1. The van der Waals surface area contributed by atoms with E-state index in [1.54, 1.807) is 0 Å². The van der Waals surface area contributed by atoms with Crippen LogP contribution in [0.15, 0.2) is 54.6 Å². The Balaban J connectivity index is 1.52. The fraction of sp³-hybridized carbons (Fsp3) is 0.407. The molecule has 2 aliphatic rings. The number of fused-ring (bicyclic) bond motifs is 2. The highest BCUT2D eigenvalue weighted by atomic mass is 35.5. The molecule has 0 amide bonds. The van der Waals surface area contributed by atoms with Crippen molar-refractivity contribution in [2.75, 3.05) is 0 Å². The lowest BCUT2D eigenvalue weighted by Gasteiger charge is -2.46. The summed E-state index contributed by atoms with van der Waals surface area (Å²) in [7, 11) is 0. The van der Waals surface area contributed by atoms with Crippen molar-refractivity contribution >= 4 is 22.4 Å². The predicted molar refractivity (Wildman–Crippen MR) is 125 cm³/mol. The number of rotatable bonds is 3. The molecule has 3 aromatic carbocycles. The van der Waals surface area contributed by atoms with Crippen LogP contribution in [-0.4, -0.2) is 5.60 Å². The number of hydrogen-bond acceptors (Lipinski definition) is 2. The SMILES string of the molecule is Cc1cc(Cl)cc2c1OC1(CCCCC1)C[C@@H]2NC(C)c1cccc2ccccc12. The number of nitrogens with one attached hydrogen (secondary N) is 1. The Labute approximate surface area is 184 Å². The Kier molecular flexibility index (Phi) is 5.24. The fourth-order valence-electron chi connectivity index (χ4n) is 5.56. The average Bonchev–Trinajstić information content (AvgIpc) is 2.75. The summed E-state index contributed by atoms with van der Waals surface area (Å²) in [6, 6.07) is 19.9. The molecule has 1 fully saturated rings. The van der Waals surface area contributed by atoms with Crippen molar-refractivity contribution in [3.8, 4) is 5.75 Å². The van der Waals surface area contributed by atoms with Gasteiger partial charge in [0.25, 0.3) is 0 Å². The maximum Gasteiger partial charge on any atom is 0.127 e. The number of halogens is 1. The Hall–Kier alpha value is -2.03. The lowest BCUT2D eigenvalue weighted by atomic mass is 9.76. The van der Waals surface area contributed by atoms with Gasteiger partial charge < -0.3 is 10.1 Å². The van der Waals surface area contributed by atoms with Crippen molar-refractivity contribution in [1.82, 2.24) is 5.32 Å². The quantitative estimate of drug-likeness (QED) is 0.470. The smallest absolute Gasteiger partial charge is 0.127 e. The summed E-state index contributed by atoms with van der Waals surface area (Å²) in [5.74, 6) is 1.05. The molecule has 0 radical (unpaired) electrons. The highest BCUT2D eigenvalue weighted by molar-refractivity contribution is 6.30. The minimum absolute atomic E-state index is 0.0417. The van der Waals surface area contributed by atoms with Gasteiger partial charge in [-0.25, -0.2) is 0 Å². The molecule has 5 rings (SSSR count). The first-order valence-electron chi connectivity index (χ1n) is 11.3. The molecule has 1 heterocycles. The zero-order valence-corrected chi connectivity index (χ0v) is 18.6. The summed E-state index contributed by atoms with van der Waals surface area (Å²) in [5.41, 5.74) is 3.66. The van der Waals surface area contributed by atoms with Gasteiger partial charge in [-0.1, -0.05) is 60.5 Å². The van der Waals surface area contributed by atoms with Gasteiger partial charge in [0.15, 0.2) is 0 Å². The molecule has 1 spiro atoms. The van der Waals surface area contributed by atoms with Crippen LogP contribution in [0.25, 0.3) is 10.8 Å². The summed E-state index contributed by atoms with van der Waals surface area (Å²) >= 11 is 6.47. The van der Waals surface area contributed by atoms with Crippen molar-refractivity contribution in [1.29, 1.82) is 0 Å². The van der Waals surface area contributed by atoms with E-state index in [9.17, 15) is 0 Å². The summed E-state index contributed by atoms with van der Waals surface area (Å²) in [4.78, 5) is 0. The summed E-state index contributed by atoms with van der Waals surface area (Å²) in [6.07, 6.45) is 7.14. The van der Waals surface area contributed by atoms with Crippen molar-refractivity contribution in [3.63, 3.8) is 0 Å². The zero-order valence-electron chi connectivity index (χ0n) is 17.9. The maximum atomic E-state index is 6.74. The average molecular weight is 420 g/mol. The topological polar surface area (TPSA) is 21.3 Å². The van der Waals surface area contributed by atoms with E-state index in [1.807, 2.05) is 6.07 Å². The van der Waals surface area contributed by atoms with Gasteiger partial charge in [0.1, 0.15) is 11.4 Å². The van der Waals surface area contributed by atoms with Crippen molar-refractivity contribution in [3.05, 3.63) is 76.3 Å². The molecule has 1 aliphatic heterocycles. The van der Waals surface area contributed by atoms with Gasteiger partial charge in [-0.05, 0) is 73.6 Å². The van der Waals surface area contributed by atoms with Crippen LogP contribution in [0.2, 0.25) is 5.02 Å². The van der Waals surface area contributed by atoms with E-state index >= 15 is 0 Å². The van der Waals surface area contributed by atoms with Crippen molar-refractivity contribution < 1.29 is 4.74 Å². The number of ether oxygens (including phenoxy) is 1. The van der Waals surface area contributed by atoms with E-state index < -0.39 is 0 Å². The Morgan fingerprint density at radius 2 is 1.80 bits per heavy atom. The Morgan fingerprint density at radius 3 is 2.63 bits per heavy atom. The number of aryl methyl sites for hydroxylation is 1. The van der Waals surface area contributed by atoms with E-state index in [1.165, 1.54) is 41.2 Å². The molecule has 1 unspecified atom stereocenters. The molecule has 1 N–H and O–H groups in total. The van der Waals surface area contributed by atoms with Crippen LogP contribution >= 0.6 is 11.6 Å². The number of benzene rings is 3. The first-order valence-corrected chi connectivity index (χ1v) is 11.7. The first-order chi connectivity index (χ1) is 14.5. The maximum absolute atomic E-state index is 6.74. The lowest BCUT2D eigenvalue weighted by Crippen LogP contribution is -2.46. The van der Waals surface area contributed by atoms with Crippen molar-refractivity contribution in [2.45, 2.75) is 70.1 Å². The zero-order chi connectivity index (χ0) is 20.7. The van der Waals surface area contributed by atoms with E-state index in [0.29, 0.717) is 0 Å². The van der Waals surface area contributed by atoms with Crippen LogP contribution < -0.4 is 10.1 Å². The van der Waals surface area contributed by atoms with Gasteiger partial charge in [0, 0.05) is 29.1 Å². The molecule has 1 saturated carbocycles. The molecule has 3 heteroatoms. The first kappa shape index (κ1) is 19.9. The lowest BCUT2D eigenvalue weighted by molar-refractivity contribution is -0.00451. The van der Waals surface area contributed by atoms with Gasteiger partial charge >= 0.3 is 0 Å². The van der Waals surface area contributed by atoms with E-state index in [4.69, 9.17) is 16.3 Å². The predicted octanol–water partition coefficient (Wildman–Crippen LogP) is 7.68. The normalized spacial score (nSPS) is 21.2. The van der Waals surface area contributed by atoms with Gasteiger partial charge in [-0.2, -0.15) is 0 Å². The molecule has 0 bridgehead atoms. The van der Waals surface area contributed by atoms with Crippen LogP contribution in [0.3, 0.4) is 0 Å². The Morgan fingerprint density at radius 1 is 1.03 bits per heavy atom. The minimum Gasteiger partial charge on any atom is -0.487 e. The summed E-state index contributed by atoms with van der Waals surface area (Å²) in [6.45, 7) is 4.40. The van der Waals surface area contributed by atoms with E-state index in [2.05, 4.69) is 67.7 Å². The third-order valence-electron chi connectivity index (χ3n) is 7.04. The number of hydrogen-bond donors (Lipinski definition) is 1. The van der Waals surface area contributed by atoms with Crippen LogP contribution in [0.5, 0.6) is 5.75 Å². The monoisotopic (exact) mass is 419 g/mol. The minimum atomic E-state index is -0.0417. The molecule has 2 nitrogen and oxygen atoms in total. The molecule has 0 saturated heterocycles. The third-order valence-corrected chi connectivity index (χ3v) is 7.26. The van der Waals surface area contributed by atoms with E-state index in [-0.39, 0.29) is 17.7 Å². The van der Waals surface area contributed by atoms with Gasteiger partial charge in [0.05, 0.1) is 0 Å². The van der Waals surface area contributed by atoms with Crippen LogP contribution in [0, 0.1) is 6.92 Å². The largest absolute Gasteiger partial charge is 0.487 e. The Bertz CT molecular complexity index is 1060. The summed E-state index contributed by atoms with van der Waals surface area (Å²) in [5, 5.41) is 7.37. The molecule has 1 aliphatic carbocycles. The van der Waals surface area contributed by atoms with Crippen LogP contribution in [-0.2, 0) is 0 Å². The molecule has 0 aromatic heterocycles. The summed E-state index contributed by atoms with van der Waals surface area (Å²) < 4.78 is 6.74. The van der Waals surface area contributed by atoms with Crippen LogP contribution in [0.1, 0.15) is 74.2 Å². The third kappa shape index (κ3) is 3.61. The van der Waals surface area contributed by atoms with Gasteiger partial charge in [-0.3, -0.25) is 0 Å². The van der Waals surface area contributed by atoms with Gasteiger partial charge in [0.2, 0.25) is 0 Å². The molecule has 2 atom stereocenters. The fourth-order valence-corrected chi connectivity index (χ4v) is 5.85. The highest BCUT2D eigenvalue weighted by Crippen LogP contribution is 2.48. The second kappa shape index (κ2) is 7.90. The highest BCUT2D eigenvalue weighted by Gasteiger charge is 2.42. The van der Waals surface area contributed by atoms with E-state index in [0.717, 1.165) is 35.6 Å². The van der Waals surface area contributed by atoms with Crippen molar-refractivity contribution in [2.24, 2.45) is 0 Å². The second-order valence-electron chi connectivity index (χ2n) is 9.20. The molecule has 30 heavy (non-hydrogen) atoms. The van der Waals surface area contributed by atoms with Gasteiger partial charge in [-0.15, -0.1) is 0 Å². The molecule has 156 valence electrons. The van der Waals surface area contributed by atoms with Crippen LogP contribution in [0.4, 0.5) is 0 Å². The second-order valence-corrected chi connectivity index (χ2v) is 9.64. The molecular weight excluding hydrogens is 390 g/mol.